The second-order valence-electron chi connectivity index (χ2n) is 3.52. The second kappa shape index (κ2) is 4.63. The minimum absolute atomic E-state index is 0.274. The fourth-order valence-corrected chi connectivity index (χ4v) is 1.24. The summed E-state index contributed by atoms with van der Waals surface area (Å²) < 4.78 is 48.7. The Balaban J connectivity index is 2.77. The van der Waals surface area contributed by atoms with Crippen LogP contribution < -0.4 is 0 Å². The van der Waals surface area contributed by atoms with Crippen molar-refractivity contribution in [2.24, 2.45) is 0 Å². The molecule has 1 nitrogen and oxygen atoms in total. The van der Waals surface area contributed by atoms with E-state index in [1.807, 2.05) is 0 Å². The van der Waals surface area contributed by atoms with Crippen LogP contribution >= 0.6 is 0 Å². The number of halogens is 4. The summed E-state index contributed by atoms with van der Waals surface area (Å²) in [5.41, 5.74) is 0.362. The summed E-state index contributed by atoms with van der Waals surface area (Å²) in [5, 5.41) is 0. The maximum absolute atomic E-state index is 13.1. The average molecular weight is 234 g/mol. The van der Waals surface area contributed by atoms with E-state index in [-0.39, 0.29) is 5.56 Å². The number of carbonyl (C=O) groups excluding carboxylic acids is 1. The van der Waals surface area contributed by atoms with Crippen LogP contribution in [0.25, 0.3) is 0 Å². The first-order valence-corrected chi connectivity index (χ1v) is 4.66. The highest BCUT2D eigenvalue weighted by molar-refractivity contribution is 5.96. The maximum atomic E-state index is 13.1. The summed E-state index contributed by atoms with van der Waals surface area (Å²) in [7, 11) is 0. The molecule has 0 amide bonds. The number of hydrogen-bond acceptors (Lipinski definition) is 1. The molecule has 1 rings (SSSR count). The first kappa shape index (κ1) is 12.7. The molecule has 0 radical (unpaired) electrons. The van der Waals surface area contributed by atoms with Crippen LogP contribution in [0.5, 0.6) is 0 Å². The van der Waals surface area contributed by atoms with E-state index in [1.54, 1.807) is 6.92 Å². The Morgan fingerprint density at radius 3 is 2.50 bits per heavy atom. The first-order valence-electron chi connectivity index (χ1n) is 4.66. The van der Waals surface area contributed by atoms with E-state index in [4.69, 9.17) is 0 Å². The van der Waals surface area contributed by atoms with Crippen LogP contribution in [0.4, 0.5) is 17.6 Å². The number of ketones is 1. The van der Waals surface area contributed by atoms with Crippen LogP contribution in [-0.2, 0) is 0 Å². The highest BCUT2D eigenvalue weighted by Crippen LogP contribution is 2.23. The topological polar surface area (TPSA) is 17.1 Å². The van der Waals surface area contributed by atoms with Crippen LogP contribution in [0.2, 0.25) is 0 Å². The molecule has 0 heterocycles. The first-order chi connectivity index (χ1) is 7.29. The molecule has 0 aliphatic carbocycles. The summed E-state index contributed by atoms with van der Waals surface area (Å²) in [4.78, 5) is 11.3. The third-order valence-corrected chi connectivity index (χ3v) is 2.06. The van der Waals surface area contributed by atoms with Crippen molar-refractivity contribution >= 4 is 5.78 Å². The summed E-state index contributed by atoms with van der Waals surface area (Å²) in [6, 6.07) is 3.79. The Morgan fingerprint density at radius 2 is 1.94 bits per heavy atom. The monoisotopic (exact) mass is 234 g/mol. The molecule has 5 heteroatoms. The smallest absolute Gasteiger partial charge is 0.294 e. The molecule has 0 aliphatic rings. The molecule has 88 valence electrons. The van der Waals surface area contributed by atoms with Crippen molar-refractivity contribution in [3.63, 3.8) is 0 Å². The lowest BCUT2D eigenvalue weighted by Gasteiger charge is -2.06. The zero-order valence-corrected chi connectivity index (χ0v) is 8.57. The molecule has 0 aromatic heterocycles. The number of Topliss-reactive ketones (excluding diaryl/α,β-unsaturated/α-hetero) is 1. The van der Waals surface area contributed by atoms with E-state index in [0.29, 0.717) is 5.56 Å². The van der Waals surface area contributed by atoms with Gasteiger partial charge < -0.3 is 0 Å². The molecule has 0 atom stereocenters. The normalized spacial score (nSPS) is 11.6. The van der Waals surface area contributed by atoms with Gasteiger partial charge in [0.1, 0.15) is 5.82 Å². The van der Waals surface area contributed by atoms with E-state index in [1.165, 1.54) is 12.1 Å². The molecule has 0 aliphatic heterocycles. The Kier molecular flexibility index (Phi) is 3.67. The van der Waals surface area contributed by atoms with Gasteiger partial charge in [-0.25, -0.2) is 4.39 Å². The van der Waals surface area contributed by atoms with Crippen molar-refractivity contribution in [3.8, 4) is 0 Å². The standard InChI is InChI=1S/C11H10F4O/c1-7-2-3-9(12)8(6-7)10(16)4-5-11(13,14)15/h2-3,6H,4-5H2,1H3. The zero-order chi connectivity index (χ0) is 12.3. The Labute approximate surface area is 90.1 Å². The molecule has 1 aromatic carbocycles. The fourth-order valence-electron chi connectivity index (χ4n) is 1.24. The van der Waals surface area contributed by atoms with Gasteiger partial charge in [0.2, 0.25) is 0 Å². The van der Waals surface area contributed by atoms with E-state index >= 15 is 0 Å². The minimum Gasteiger partial charge on any atom is -0.294 e. The Bertz CT molecular complexity index is 395. The predicted molar refractivity (Wildman–Crippen MR) is 50.8 cm³/mol. The van der Waals surface area contributed by atoms with E-state index in [9.17, 15) is 22.4 Å². The molecular formula is C11H10F4O. The summed E-state index contributed by atoms with van der Waals surface area (Å²) in [6.07, 6.45) is -6.33. The van der Waals surface area contributed by atoms with Crippen LogP contribution in [0.1, 0.15) is 28.8 Å². The molecule has 0 saturated heterocycles. The molecule has 0 saturated carbocycles. The van der Waals surface area contributed by atoms with Crippen LogP contribution in [0.3, 0.4) is 0 Å². The molecule has 1 aromatic rings. The third-order valence-electron chi connectivity index (χ3n) is 2.06. The fraction of sp³-hybridized carbons (Fsp3) is 0.364. The SMILES string of the molecule is Cc1ccc(F)c(C(=O)CCC(F)(F)F)c1. The molecule has 0 fully saturated rings. The third kappa shape index (κ3) is 3.64. The van der Waals surface area contributed by atoms with E-state index in [2.05, 4.69) is 0 Å². The molecule has 0 unspecified atom stereocenters. The minimum atomic E-state index is -4.39. The van der Waals surface area contributed by atoms with Crippen molar-refractivity contribution in [2.45, 2.75) is 25.9 Å². The molecular weight excluding hydrogens is 224 g/mol. The summed E-state index contributed by atoms with van der Waals surface area (Å²) >= 11 is 0. The van der Waals surface area contributed by atoms with Gasteiger partial charge in [0.25, 0.3) is 0 Å². The number of carbonyl (C=O) groups is 1. The van der Waals surface area contributed by atoms with Crippen LogP contribution in [-0.4, -0.2) is 12.0 Å². The number of hydrogen-bond donors (Lipinski definition) is 0. The highest BCUT2D eigenvalue weighted by Gasteiger charge is 2.28. The van der Waals surface area contributed by atoms with Gasteiger partial charge >= 0.3 is 6.18 Å². The van der Waals surface area contributed by atoms with Crippen LogP contribution in [0.15, 0.2) is 18.2 Å². The van der Waals surface area contributed by atoms with Gasteiger partial charge in [0.05, 0.1) is 12.0 Å². The van der Waals surface area contributed by atoms with Gasteiger partial charge in [0, 0.05) is 6.42 Å². The van der Waals surface area contributed by atoms with Crippen molar-refractivity contribution in [1.82, 2.24) is 0 Å². The molecule has 0 spiro atoms. The lowest BCUT2D eigenvalue weighted by atomic mass is 10.0. The lowest BCUT2D eigenvalue weighted by Crippen LogP contribution is -2.12. The number of rotatable bonds is 3. The largest absolute Gasteiger partial charge is 0.389 e. The Hall–Kier alpha value is -1.39. The zero-order valence-electron chi connectivity index (χ0n) is 8.57. The highest BCUT2D eigenvalue weighted by atomic mass is 19.4. The predicted octanol–water partition coefficient (Wildman–Crippen LogP) is 3.66. The van der Waals surface area contributed by atoms with Crippen molar-refractivity contribution < 1.29 is 22.4 Å². The molecule has 0 N–H and O–H groups in total. The van der Waals surface area contributed by atoms with Crippen LogP contribution in [0, 0.1) is 12.7 Å². The number of aryl methyl sites for hydroxylation is 1. The molecule has 0 bridgehead atoms. The van der Waals surface area contributed by atoms with Gasteiger partial charge in [-0.3, -0.25) is 4.79 Å². The number of benzene rings is 1. The van der Waals surface area contributed by atoms with Gasteiger partial charge in [-0.2, -0.15) is 13.2 Å². The summed E-state index contributed by atoms with van der Waals surface area (Å²) in [5.74, 6) is -1.60. The average Bonchev–Trinajstić information content (AvgIpc) is 2.17. The lowest BCUT2D eigenvalue weighted by molar-refractivity contribution is -0.133. The van der Waals surface area contributed by atoms with Crippen molar-refractivity contribution in [2.75, 3.05) is 0 Å². The van der Waals surface area contributed by atoms with Crippen molar-refractivity contribution in [3.05, 3.63) is 35.1 Å². The number of alkyl halides is 3. The van der Waals surface area contributed by atoms with Gasteiger partial charge in [0.15, 0.2) is 5.78 Å². The van der Waals surface area contributed by atoms with Gasteiger partial charge in [-0.1, -0.05) is 11.6 Å². The Morgan fingerprint density at radius 1 is 1.31 bits per heavy atom. The summed E-state index contributed by atoms with van der Waals surface area (Å²) in [6.45, 7) is 1.64. The van der Waals surface area contributed by atoms with E-state index < -0.39 is 30.6 Å². The van der Waals surface area contributed by atoms with Gasteiger partial charge in [-0.15, -0.1) is 0 Å². The maximum Gasteiger partial charge on any atom is 0.389 e. The molecule has 16 heavy (non-hydrogen) atoms. The second-order valence-corrected chi connectivity index (χ2v) is 3.52. The van der Waals surface area contributed by atoms with Gasteiger partial charge in [-0.05, 0) is 19.1 Å². The van der Waals surface area contributed by atoms with Crippen molar-refractivity contribution in [1.29, 1.82) is 0 Å². The van der Waals surface area contributed by atoms with E-state index in [0.717, 1.165) is 6.07 Å². The quantitative estimate of drug-likeness (QED) is 0.576.